The Morgan fingerprint density at radius 3 is 2.57 bits per heavy atom. The van der Waals surface area contributed by atoms with Crippen molar-refractivity contribution >= 4 is 56.8 Å². The number of carbonyl (C=O) groups is 3. The van der Waals surface area contributed by atoms with E-state index >= 15 is 0 Å². The van der Waals surface area contributed by atoms with Gasteiger partial charge in [0.2, 0.25) is 0 Å². The highest BCUT2D eigenvalue weighted by Gasteiger charge is 2.40. The molecule has 2 aliphatic rings. The Hall–Kier alpha value is -2.26. The van der Waals surface area contributed by atoms with E-state index in [0.717, 1.165) is 17.7 Å². The highest BCUT2D eigenvalue weighted by Crippen LogP contribution is 2.39. The maximum absolute atomic E-state index is 14.8. The lowest BCUT2D eigenvalue weighted by molar-refractivity contribution is -0.139. The van der Waals surface area contributed by atoms with Crippen LogP contribution in [0.4, 0.5) is 10.1 Å². The van der Waals surface area contributed by atoms with Crippen LogP contribution in [0.2, 0.25) is 0 Å². The third kappa shape index (κ3) is 3.33. The molecule has 146 valence electrons. The summed E-state index contributed by atoms with van der Waals surface area (Å²) in [5.74, 6) is -1.72. The number of hydrogen-bond acceptors (Lipinski definition) is 7. The van der Waals surface area contributed by atoms with Crippen molar-refractivity contribution < 1.29 is 23.5 Å². The minimum absolute atomic E-state index is 0.0656. The molecule has 1 aromatic carbocycles. The fourth-order valence-electron chi connectivity index (χ4n) is 3.43. The maximum Gasteiger partial charge on any atom is 0.316 e. The number of aromatic nitrogens is 1. The lowest BCUT2D eigenvalue weighted by Gasteiger charge is -2.15. The standard InChI is InChI=1S/C19H17FN2O4S2/c1-2-26-16(23)9-27-19-21-13-8-14(12(20)7-15(13)28-19)22-17(24)10-5-3-4-6-11(10)18(22)25/h7-8H,2-6,9H2,1H3. The molecule has 6 nitrogen and oxygen atoms in total. The Morgan fingerprint density at radius 2 is 1.93 bits per heavy atom. The van der Waals surface area contributed by atoms with Gasteiger partial charge in [-0.15, -0.1) is 11.3 Å². The highest BCUT2D eigenvalue weighted by atomic mass is 32.2. The van der Waals surface area contributed by atoms with Crippen molar-refractivity contribution in [3.05, 3.63) is 29.1 Å². The summed E-state index contributed by atoms with van der Waals surface area (Å²) in [6, 6.07) is 2.72. The molecule has 0 radical (unpaired) electrons. The van der Waals surface area contributed by atoms with Gasteiger partial charge in [-0.05, 0) is 44.7 Å². The zero-order chi connectivity index (χ0) is 19.8. The Morgan fingerprint density at radius 1 is 1.25 bits per heavy atom. The minimum Gasteiger partial charge on any atom is -0.465 e. The highest BCUT2D eigenvalue weighted by molar-refractivity contribution is 8.01. The second-order valence-corrected chi connectivity index (χ2v) is 8.71. The number of hydrogen-bond donors (Lipinski definition) is 0. The number of anilines is 1. The topological polar surface area (TPSA) is 76.6 Å². The van der Waals surface area contributed by atoms with E-state index in [9.17, 15) is 18.8 Å². The zero-order valence-corrected chi connectivity index (χ0v) is 16.8. The molecule has 0 bridgehead atoms. The first-order valence-electron chi connectivity index (χ1n) is 8.99. The second kappa shape index (κ2) is 7.63. The van der Waals surface area contributed by atoms with Gasteiger partial charge in [0.25, 0.3) is 11.8 Å². The van der Waals surface area contributed by atoms with Gasteiger partial charge < -0.3 is 4.74 Å². The van der Waals surface area contributed by atoms with Crippen LogP contribution in [0.1, 0.15) is 32.6 Å². The number of imide groups is 1. The number of nitrogens with zero attached hydrogens (tertiary/aromatic N) is 2. The molecule has 0 atom stereocenters. The maximum atomic E-state index is 14.8. The van der Waals surface area contributed by atoms with Gasteiger partial charge in [-0.2, -0.15) is 0 Å². The predicted molar refractivity (Wildman–Crippen MR) is 105 cm³/mol. The minimum atomic E-state index is -0.639. The number of amides is 2. The van der Waals surface area contributed by atoms with E-state index in [2.05, 4.69) is 4.98 Å². The van der Waals surface area contributed by atoms with E-state index in [4.69, 9.17) is 4.74 Å². The van der Waals surface area contributed by atoms with Crippen LogP contribution < -0.4 is 4.90 Å². The van der Waals surface area contributed by atoms with Crippen LogP contribution in [0.15, 0.2) is 27.6 Å². The van der Waals surface area contributed by atoms with Crippen molar-refractivity contribution in [3.8, 4) is 0 Å². The first kappa shape index (κ1) is 19.1. The number of thioether (sulfide) groups is 1. The molecule has 4 rings (SSSR count). The molecule has 2 aromatic rings. The Labute approximate surface area is 168 Å². The van der Waals surface area contributed by atoms with Gasteiger partial charge in [-0.1, -0.05) is 11.8 Å². The summed E-state index contributed by atoms with van der Waals surface area (Å²) < 4.78 is 20.8. The Kier molecular flexibility index (Phi) is 5.20. The van der Waals surface area contributed by atoms with Gasteiger partial charge >= 0.3 is 5.97 Å². The third-order valence-corrected chi connectivity index (χ3v) is 6.82. The lowest BCUT2D eigenvalue weighted by Crippen LogP contribution is -2.32. The number of fused-ring (bicyclic) bond motifs is 1. The molecule has 0 spiro atoms. The SMILES string of the molecule is CCOC(=O)CSc1nc2cc(N3C(=O)C4=C(CCCC4)C3=O)c(F)cc2s1. The number of halogens is 1. The molecule has 0 N–H and O–H groups in total. The normalized spacial score (nSPS) is 16.9. The zero-order valence-electron chi connectivity index (χ0n) is 15.1. The Balaban J connectivity index is 1.62. The van der Waals surface area contributed by atoms with E-state index in [1.165, 1.54) is 35.2 Å². The molecule has 0 saturated heterocycles. The molecule has 0 unspecified atom stereocenters. The summed E-state index contributed by atoms with van der Waals surface area (Å²) in [5.41, 5.74) is 1.45. The van der Waals surface area contributed by atoms with Crippen molar-refractivity contribution in [2.45, 2.75) is 36.9 Å². The summed E-state index contributed by atoms with van der Waals surface area (Å²) in [6.07, 6.45) is 2.85. The Bertz CT molecular complexity index is 1000. The van der Waals surface area contributed by atoms with Crippen molar-refractivity contribution in [2.75, 3.05) is 17.3 Å². The predicted octanol–water partition coefficient (Wildman–Crippen LogP) is 3.83. The van der Waals surface area contributed by atoms with Crippen molar-refractivity contribution in [2.24, 2.45) is 0 Å². The average molecular weight is 420 g/mol. The third-order valence-electron chi connectivity index (χ3n) is 4.69. The smallest absolute Gasteiger partial charge is 0.316 e. The number of rotatable bonds is 5. The fourth-order valence-corrected chi connectivity index (χ4v) is 5.30. The van der Waals surface area contributed by atoms with Crippen molar-refractivity contribution in [1.29, 1.82) is 0 Å². The number of benzene rings is 1. The molecule has 0 fully saturated rings. The van der Waals surface area contributed by atoms with E-state index in [0.29, 0.717) is 45.2 Å². The van der Waals surface area contributed by atoms with Crippen LogP contribution in [0.5, 0.6) is 0 Å². The largest absolute Gasteiger partial charge is 0.465 e. The summed E-state index contributed by atoms with van der Waals surface area (Å²) in [5, 5.41) is 0. The van der Waals surface area contributed by atoms with Gasteiger partial charge in [0, 0.05) is 11.1 Å². The molecule has 9 heteroatoms. The summed E-state index contributed by atoms with van der Waals surface area (Å²) >= 11 is 2.46. The van der Waals surface area contributed by atoms with Gasteiger partial charge in [0.15, 0.2) is 4.34 Å². The van der Waals surface area contributed by atoms with Crippen LogP contribution in [-0.2, 0) is 19.1 Å². The molecular weight excluding hydrogens is 403 g/mol. The van der Waals surface area contributed by atoms with Gasteiger partial charge in [0.05, 0.1) is 28.3 Å². The molecule has 28 heavy (non-hydrogen) atoms. The summed E-state index contributed by atoms with van der Waals surface area (Å²) in [6.45, 7) is 2.04. The van der Waals surface area contributed by atoms with E-state index < -0.39 is 17.6 Å². The van der Waals surface area contributed by atoms with Crippen LogP contribution in [-0.4, -0.2) is 35.1 Å². The van der Waals surface area contributed by atoms with E-state index in [-0.39, 0.29) is 17.4 Å². The molecular formula is C19H17FN2O4S2. The second-order valence-electron chi connectivity index (χ2n) is 6.45. The van der Waals surface area contributed by atoms with Gasteiger partial charge in [-0.3, -0.25) is 14.4 Å². The van der Waals surface area contributed by atoms with E-state index in [1.807, 2.05) is 0 Å². The average Bonchev–Trinajstić information content (AvgIpc) is 3.18. The van der Waals surface area contributed by atoms with Crippen LogP contribution in [0.25, 0.3) is 10.2 Å². The van der Waals surface area contributed by atoms with E-state index in [1.54, 1.807) is 6.92 Å². The first-order chi connectivity index (χ1) is 13.5. The summed E-state index contributed by atoms with van der Waals surface area (Å²) in [7, 11) is 0. The monoisotopic (exact) mass is 420 g/mol. The molecule has 1 aliphatic carbocycles. The van der Waals surface area contributed by atoms with Crippen LogP contribution >= 0.6 is 23.1 Å². The van der Waals surface area contributed by atoms with Crippen LogP contribution in [0, 0.1) is 5.82 Å². The molecule has 2 amide bonds. The molecule has 1 aromatic heterocycles. The first-order valence-corrected chi connectivity index (χ1v) is 10.8. The van der Waals surface area contributed by atoms with Gasteiger partial charge in [-0.25, -0.2) is 14.3 Å². The molecule has 2 heterocycles. The quantitative estimate of drug-likeness (QED) is 0.416. The number of thiazole rings is 1. The van der Waals surface area contributed by atoms with Crippen molar-refractivity contribution in [3.63, 3.8) is 0 Å². The summed E-state index contributed by atoms with van der Waals surface area (Å²) in [4.78, 5) is 42.2. The lowest BCUT2D eigenvalue weighted by atomic mass is 9.93. The van der Waals surface area contributed by atoms with Gasteiger partial charge in [0.1, 0.15) is 5.82 Å². The fraction of sp³-hybridized carbons (Fsp3) is 0.368. The molecule has 1 aliphatic heterocycles. The number of esters is 1. The van der Waals surface area contributed by atoms with Crippen molar-refractivity contribution in [1.82, 2.24) is 4.98 Å². The molecule has 0 saturated carbocycles. The number of carbonyl (C=O) groups excluding carboxylic acids is 3. The number of ether oxygens (including phenoxy) is 1. The van der Waals surface area contributed by atoms with Crippen LogP contribution in [0.3, 0.4) is 0 Å².